The lowest BCUT2D eigenvalue weighted by Gasteiger charge is -2.05. The molecule has 2 N–H and O–H groups in total. The lowest BCUT2D eigenvalue weighted by Crippen LogP contribution is -2.19. The van der Waals surface area contributed by atoms with E-state index in [1.165, 1.54) is 24.3 Å². The minimum atomic E-state index is -0.497. The predicted molar refractivity (Wildman–Crippen MR) is 73.6 cm³/mol. The molecule has 0 fully saturated rings. The molecule has 0 aliphatic carbocycles. The zero-order valence-corrected chi connectivity index (χ0v) is 10.7. The number of anilines is 2. The summed E-state index contributed by atoms with van der Waals surface area (Å²) < 4.78 is 1.68. The average Bonchev–Trinajstić information content (AvgIpc) is 2.86. The lowest BCUT2D eigenvalue weighted by molar-refractivity contribution is -0.384. The first-order valence-corrected chi connectivity index (χ1v) is 5.93. The van der Waals surface area contributed by atoms with Crippen molar-refractivity contribution in [1.82, 2.24) is 9.78 Å². The van der Waals surface area contributed by atoms with Crippen LogP contribution in [-0.4, -0.2) is 20.7 Å². The predicted octanol–water partition coefficient (Wildman–Crippen LogP) is 2.46. The third kappa shape index (κ3) is 3.31. The SMILES string of the molecule is CCn1cc(NC(=O)Nc2ccc([N+](=O)[O-])cc2)cn1. The smallest absolute Gasteiger partial charge is 0.308 e. The summed E-state index contributed by atoms with van der Waals surface area (Å²) in [7, 11) is 0. The van der Waals surface area contributed by atoms with Gasteiger partial charge in [0.05, 0.1) is 16.8 Å². The van der Waals surface area contributed by atoms with Gasteiger partial charge in [0.2, 0.25) is 0 Å². The van der Waals surface area contributed by atoms with Crippen LogP contribution >= 0.6 is 0 Å². The van der Waals surface area contributed by atoms with E-state index in [9.17, 15) is 14.9 Å². The van der Waals surface area contributed by atoms with Gasteiger partial charge in [-0.3, -0.25) is 14.8 Å². The summed E-state index contributed by atoms with van der Waals surface area (Å²) in [5, 5.41) is 19.7. The van der Waals surface area contributed by atoms with Crippen LogP contribution in [0.2, 0.25) is 0 Å². The van der Waals surface area contributed by atoms with Crippen LogP contribution in [0.4, 0.5) is 21.9 Å². The van der Waals surface area contributed by atoms with E-state index in [0.717, 1.165) is 0 Å². The first-order valence-electron chi connectivity index (χ1n) is 5.93. The average molecular weight is 275 g/mol. The molecular weight excluding hydrogens is 262 g/mol. The number of amides is 2. The Bertz CT molecular complexity index is 620. The largest absolute Gasteiger partial charge is 0.323 e. The van der Waals surface area contributed by atoms with E-state index in [0.29, 0.717) is 17.9 Å². The standard InChI is InChI=1S/C12H13N5O3/c1-2-16-8-10(7-13-16)15-12(18)14-9-3-5-11(6-4-9)17(19)20/h3-8H,2H2,1H3,(H2,14,15,18). The molecule has 1 heterocycles. The number of carbonyl (C=O) groups is 1. The van der Waals surface area contributed by atoms with Crippen molar-refractivity contribution in [3.05, 3.63) is 46.8 Å². The topological polar surface area (TPSA) is 102 Å². The van der Waals surface area contributed by atoms with E-state index in [4.69, 9.17) is 0 Å². The van der Waals surface area contributed by atoms with Crippen LogP contribution in [-0.2, 0) is 6.54 Å². The second-order valence-corrected chi connectivity index (χ2v) is 3.97. The highest BCUT2D eigenvalue weighted by molar-refractivity contribution is 5.99. The molecule has 104 valence electrons. The number of rotatable bonds is 4. The van der Waals surface area contributed by atoms with Crippen molar-refractivity contribution in [2.45, 2.75) is 13.5 Å². The first kappa shape index (κ1) is 13.5. The van der Waals surface area contributed by atoms with E-state index >= 15 is 0 Å². The highest BCUT2D eigenvalue weighted by Gasteiger charge is 2.07. The third-order valence-corrected chi connectivity index (χ3v) is 2.55. The highest BCUT2D eigenvalue weighted by Crippen LogP contribution is 2.15. The van der Waals surface area contributed by atoms with Crippen LogP contribution in [0.3, 0.4) is 0 Å². The van der Waals surface area contributed by atoms with Gasteiger partial charge in [0, 0.05) is 30.6 Å². The fraction of sp³-hybridized carbons (Fsp3) is 0.167. The van der Waals surface area contributed by atoms with E-state index in [-0.39, 0.29) is 5.69 Å². The van der Waals surface area contributed by atoms with Gasteiger partial charge in [0.25, 0.3) is 5.69 Å². The molecule has 20 heavy (non-hydrogen) atoms. The number of benzene rings is 1. The van der Waals surface area contributed by atoms with Gasteiger partial charge in [0.1, 0.15) is 0 Å². The van der Waals surface area contributed by atoms with Crippen LogP contribution in [0.15, 0.2) is 36.7 Å². The van der Waals surface area contributed by atoms with Crippen molar-refractivity contribution >= 4 is 23.1 Å². The maximum Gasteiger partial charge on any atom is 0.323 e. The van der Waals surface area contributed by atoms with Gasteiger partial charge in [-0.05, 0) is 19.1 Å². The molecule has 0 saturated heterocycles. The maximum absolute atomic E-state index is 11.7. The Labute approximate surface area is 114 Å². The van der Waals surface area contributed by atoms with Gasteiger partial charge in [-0.1, -0.05) is 0 Å². The number of hydrogen-bond acceptors (Lipinski definition) is 4. The number of urea groups is 1. The molecule has 2 aromatic rings. The molecule has 0 spiro atoms. The Morgan fingerprint density at radius 1 is 1.30 bits per heavy atom. The zero-order chi connectivity index (χ0) is 14.5. The summed E-state index contributed by atoms with van der Waals surface area (Å²) in [4.78, 5) is 21.7. The van der Waals surface area contributed by atoms with Gasteiger partial charge in [-0.15, -0.1) is 0 Å². The molecule has 8 heteroatoms. The van der Waals surface area contributed by atoms with Gasteiger partial charge < -0.3 is 10.6 Å². The summed E-state index contributed by atoms with van der Waals surface area (Å²) in [6, 6.07) is 5.14. The van der Waals surface area contributed by atoms with Crippen molar-refractivity contribution in [2.24, 2.45) is 0 Å². The second kappa shape index (κ2) is 5.83. The third-order valence-electron chi connectivity index (χ3n) is 2.55. The summed E-state index contributed by atoms with van der Waals surface area (Å²) in [5.74, 6) is 0. The lowest BCUT2D eigenvalue weighted by atomic mass is 10.3. The molecule has 8 nitrogen and oxygen atoms in total. The Balaban J connectivity index is 1.95. The molecule has 0 radical (unpaired) electrons. The first-order chi connectivity index (χ1) is 9.58. The van der Waals surface area contributed by atoms with Crippen LogP contribution in [0.1, 0.15) is 6.92 Å². The van der Waals surface area contributed by atoms with Crippen molar-refractivity contribution < 1.29 is 9.72 Å². The van der Waals surface area contributed by atoms with E-state index in [1.807, 2.05) is 6.92 Å². The number of nitro benzene ring substituents is 1. The number of carbonyl (C=O) groups excluding carboxylic acids is 1. The number of nitrogens with one attached hydrogen (secondary N) is 2. The molecule has 1 aromatic carbocycles. The maximum atomic E-state index is 11.7. The van der Waals surface area contributed by atoms with Crippen molar-refractivity contribution in [3.63, 3.8) is 0 Å². The molecular formula is C12H13N5O3. The van der Waals surface area contributed by atoms with Crippen molar-refractivity contribution in [3.8, 4) is 0 Å². The summed E-state index contributed by atoms with van der Waals surface area (Å²) >= 11 is 0. The molecule has 0 atom stereocenters. The number of aromatic nitrogens is 2. The molecule has 1 aromatic heterocycles. The quantitative estimate of drug-likeness (QED) is 0.660. The monoisotopic (exact) mass is 275 g/mol. The number of aryl methyl sites for hydroxylation is 1. The van der Waals surface area contributed by atoms with Crippen molar-refractivity contribution in [2.75, 3.05) is 10.6 Å². The molecule has 2 amide bonds. The molecule has 0 unspecified atom stereocenters. The summed E-state index contributed by atoms with van der Waals surface area (Å²) in [6.07, 6.45) is 3.24. The minimum absolute atomic E-state index is 0.0276. The van der Waals surface area contributed by atoms with Crippen LogP contribution in [0, 0.1) is 10.1 Å². The Hall–Kier alpha value is -2.90. The van der Waals surface area contributed by atoms with Gasteiger partial charge in [-0.25, -0.2) is 4.79 Å². The fourth-order valence-corrected chi connectivity index (χ4v) is 1.56. The van der Waals surface area contributed by atoms with Gasteiger partial charge in [0.15, 0.2) is 0 Å². The van der Waals surface area contributed by atoms with Crippen LogP contribution in [0.25, 0.3) is 0 Å². The molecule has 0 bridgehead atoms. The van der Waals surface area contributed by atoms with Gasteiger partial charge >= 0.3 is 6.03 Å². The Morgan fingerprint density at radius 3 is 2.50 bits per heavy atom. The highest BCUT2D eigenvalue weighted by atomic mass is 16.6. The van der Waals surface area contributed by atoms with E-state index < -0.39 is 11.0 Å². The molecule has 0 aliphatic heterocycles. The number of non-ortho nitro benzene ring substituents is 1. The molecule has 0 saturated carbocycles. The van der Waals surface area contributed by atoms with Gasteiger partial charge in [-0.2, -0.15) is 5.10 Å². The number of hydrogen-bond donors (Lipinski definition) is 2. The minimum Gasteiger partial charge on any atom is -0.308 e. The zero-order valence-electron chi connectivity index (χ0n) is 10.7. The summed E-state index contributed by atoms with van der Waals surface area (Å²) in [6.45, 7) is 2.65. The van der Waals surface area contributed by atoms with Crippen molar-refractivity contribution in [1.29, 1.82) is 0 Å². The second-order valence-electron chi connectivity index (χ2n) is 3.97. The molecule has 0 aliphatic rings. The van der Waals surface area contributed by atoms with Crippen LogP contribution in [0.5, 0.6) is 0 Å². The summed E-state index contributed by atoms with van der Waals surface area (Å²) in [5.41, 5.74) is 1.02. The number of nitro groups is 1. The van der Waals surface area contributed by atoms with E-state index in [1.54, 1.807) is 17.1 Å². The molecule has 2 rings (SSSR count). The normalized spacial score (nSPS) is 10.1. The Kier molecular flexibility index (Phi) is 3.94. The number of nitrogens with zero attached hydrogens (tertiary/aromatic N) is 3. The fourth-order valence-electron chi connectivity index (χ4n) is 1.56. The van der Waals surface area contributed by atoms with Crippen LogP contribution < -0.4 is 10.6 Å². The Morgan fingerprint density at radius 2 is 1.95 bits per heavy atom. The van der Waals surface area contributed by atoms with E-state index in [2.05, 4.69) is 15.7 Å².